The van der Waals surface area contributed by atoms with E-state index in [0.717, 1.165) is 18.4 Å². The average molecular weight is 332 g/mol. The Kier molecular flexibility index (Phi) is 5.04. The molecule has 1 aromatic carbocycles. The van der Waals surface area contributed by atoms with Gasteiger partial charge in [0.1, 0.15) is 5.75 Å². The number of carbonyl (C=O) groups excluding carboxylic acids is 2. The summed E-state index contributed by atoms with van der Waals surface area (Å²) < 4.78 is 5.29. The van der Waals surface area contributed by atoms with Crippen molar-refractivity contribution in [3.63, 3.8) is 0 Å². The fourth-order valence-electron chi connectivity index (χ4n) is 3.40. The molecule has 0 saturated carbocycles. The van der Waals surface area contributed by atoms with Crippen LogP contribution in [0.15, 0.2) is 18.2 Å². The summed E-state index contributed by atoms with van der Waals surface area (Å²) >= 11 is 0. The highest BCUT2D eigenvalue weighted by Gasteiger charge is 2.32. The number of carbonyl (C=O) groups is 2. The number of aromatic hydroxyl groups is 1. The molecule has 24 heavy (non-hydrogen) atoms. The smallest absolute Gasteiger partial charge is 0.257 e. The molecular formula is C18H24N2O4. The van der Waals surface area contributed by atoms with Crippen molar-refractivity contribution in [3.05, 3.63) is 29.3 Å². The van der Waals surface area contributed by atoms with E-state index >= 15 is 0 Å². The van der Waals surface area contributed by atoms with Crippen molar-refractivity contribution in [2.75, 3.05) is 39.4 Å². The highest BCUT2D eigenvalue weighted by atomic mass is 16.5. The number of nitrogens with zero attached hydrogens (tertiary/aromatic N) is 2. The van der Waals surface area contributed by atoms with E-state index in [2.05, 4.69) is 0 Å². The maximum atomic E-state index is 12.7. The molecule has 2 heterocycles. The van der Waals surface area contributed by atoms with Gasteiger partial charge in [0.2, 0.25) is 5.91 Å². The third kappa shape index (κ3) is 3.53. The first-order chi connectivity index (χ1) is 11.6. The minimum Gasteiger partial charge on any atom is -0.507 e. The molecular weight excluding hydrogens is 308 g/mol. The van der Waals surface area contributed by atoms with Crippen LogP contribution in [0.25, 0.3) is 0 Å². The lowest BCUT2D eigenvalue weighted by Crippen LogP contribution is -2.49. The quantitative estimate of drug-likeness (QED) is 0.889. The molecule has 0 aromatic heterocycles. The summed E-state index contributed by atoms with van der Waals surface area (Å²) in [5, 5.41) is 9.98. The highest BCUT2D eigenvalue weighted by Crippen LogP contribution is 2.25. The van der Waals surface area contributed by atoms with Crippen molar-refractivity contribution in [2.24, 2.45) is 5.92 Å². The topological polar surface area (TPSA) is 70.1 Å². The number of benzene rings is 1. The SMILES string of the molecule is Cc1ccc(O)c(C(=O)N2CCCC(C(=O)N3CCOCC3)C2)c1. The fraction of sp³-hybridized carbons (Fsp3) is 0.556. The fourth-order valence-corrected chi connectivity index (χ4v) is 3.40. The second-order valence-corrected chi connectivity index (χ2v) is 6.55. The van der Waals surface area contributed by atoms with Crippen LogP contribution in [0.4, 0.5) is 0 Å². The van der Waals surface area contributed by atoms with Gasteiger partial charge in [-0.15, -0.1) is 0 Å². The summed E-state index contributed by atoms with van der Waals surface area (Å²) in [5.41, 5.74) is 1.24. The normalized spacial score (nSPS) is 21.6. The summed E-state index contributed by atoms with van der Waals surface area (Å²) in [6.07, 6.45) is 1.61. The molecule has 0 bridgehead atoms. The first-order valence-corrected chi connectivity index (χ1v) is 8.51. The van der Waals surface area contributed by atoms with Crippen LogP contribution in [-0.4, -0.2) is 66.1 Å². The molecule has 1 aromatic rings. The van der Waals surface area contributed by atoms with Crippen molar-refractivity contribution in [3.8, 4) is 5.75 Å². The second-order valence-electron chi connectivity index (χ2n) is 6.55. The maximum Gasteiger partial charge on any atom is 0.257 e. The number of ether oxygens (including phenoxy) is 1. The number of likely N-dealkylation sites (tertiary alicyclic amines) is 1. The van der Waals surface area contributed by atoms with E-state index < -0.39 is 0 Å². The average Bonchev–Trinajstić information content (AvgIpc) is 2.63. The predicted molar refractivity (Wildman–Crippen MR) is 88.9 cm³/mol. The number of phenolic OH excluding ortho intramolecular Hbond substituents is 1. The molecule has 1 N–H and O–H groups in total. The number of amides is 2. The first-order valence-electron chi connectivity index (χ1n) is 8.51. The molecule has 2 fully saturated rings. The second kappa shape index (κ2) is 7.21. The zero-order chi connectivity index (χ0) is 17.1. The third-order valence-electron chi connectivity index (χ3n) is 4.76. The van der Waals surface area contributed by atoms with E-state index in [9.17, 15) is 14.7 Å². The number of aryl methyl sites for hydroxylation is 1. The molecule has 2 saturated heterocycles. The molecule has 130 valence electrons. The molecule has 0 radical (unpaired) electrons. The number of rotatable bonds is 2. The summed E-state index contributed by atoms with van der Waals surface area (Å²) in [6.45, 7) is 5.35. The van der Waals surface area contributed by atoms with E-state index in [1.54, 1.807) is 23.1 Å². The van der Waals surface area contributed by atoms with Gasteiger partial charge in [-0.25, -0.2) is 0 Å². The molecule has 2 aliphatic heterocycles. The Morgan fingerprint density at radius 1 is 1.17 bits per heavy atom. The zero-order valence-electron chi connectivity index (χ0n) is 14.0. The van der Waals surface area contributed by atoms with Crippen molar-refractivity contribution < 1.29 is 19.4 Å². The number of hydrogen-bond donors (Lipinski definition) is 1. The first kappa shape index (κ1) is 16.8. The molecule has 2 aliphatic rings. The van der Waals surface area contributed by atoms with Crippen LogP contribution in [0.1, 0.15) is 28.8 Å². The van der Waals surface area contributed by atoms with Gasteiger partial charge in [-0.3, -0.25) is 9.59 Å². The Balaban J connectivity index is 1.69. The molecule has 1 atom stereocenters. The van der Waals surface area contributed by atoms with Gasteiger partial charge >= 0.3 is 0 Å². The monoisotopic (exact) mass is 332 g/mol. The van der Waals surface area contributed by atoms with E-state index in [1.165, 1.54) is 0 Å². The predicted octanol–water partition coefficient (Wildman–Crippen LogP) is 1.41. The van der Waals surface area contributed by atoms with Crippen molar-refractivity contribution >= 4 is 11.8 Å². The summed E-state index contributed by atoms with van der Waals surface area (Å²) in [5.74, 6) is -0.250. The number of morpholine rings is 1. The lowest BCUT2D eigenvalue weighted by molar-refractivity contribution is -0.141. The molecule has 1 unspecified atom stereocenters. The maximum absolute atomic E-state index is 12.7. The van der Waals surface area contributed by atoms with Crippen molar-refractivity contribution in [2.45, 2.75) is 19.8 Å². The van der Waals surface area contributed by atoms with Crippen molar-refractivity contribution in [1.82, 2.24) is 9.80 Å². The number of piperidine rings is 1. The van der Waals surface area contributed by atoms with Crippen LogP contribution < -0.4 is 0 Å². The van der Waals surface area contributed by atoms with E-state index in [4.69, 9.17) is 4.74 Å². The van der Waals surface area contributed by atoms with E-state index in [0.29, 0.717) is 45.0 Å². The summed E-state index contributed by atoms with van der Waals surface area (Å²) in [7, 11) is 0. The van der Waals surface area contributed by atoms with Gasteiger partial charge in [0, 0.05) is 26.2 Å². The van der Waals surface area contributed by atoms with Crippen LogP contribution >= 0.6 is 0 Å². The van der Waals surface area contributed by atoms with E-state index in [-0.39, 0.29) is 23.5 Å². The molecule has 0 aliphatic carbocycles. The number of phenols is 1. The molecule has 0 spiro atoms. The molecule has 2 amide bonds. The highest BCUT2D eigenvalue weighted by molar-refractivity contribution is 5.97. The zero-order valence-corrected chi connectivity index (χ0v) is 14.0. The van der Waals surface area contributed by atoms with Gasteiger partial charge in [-0.2, -0.15) is 0 Å². The Morgan fingerprint density at radius 3 is 2.67 bits per heavy atom. The van der Waals surface area contributed by atoms with Gasteiger partial charge in [-0.1, -0.05) is 11.6 Å². The lowest BCUT2D eigenvalue weighted by Gasteiger charge is -2.36. The van der Waals surface area contributed by atoms with Crippen LogP contribution in [0, 0.1) is 12.8 Å². The minimum atomic E-state index is -0.198. The standard InChI is InChI=1S/C18H24N2O4/c1-13-4-5-16(21)15(11-13)18(23)20-6-2-3-14(12-20)17(22)19-7-9-24-10-8-19/h4-5,11,14,21H,2-3,6-10,12H2,1H3. The minimum absolute atomic E-state index is 0.00720. The lowest BCUT2D eigenvalue weighted by atomic mass is 9.95. The van der Waals surface area contributed by atoms with E-state index in [1.807, 2.05) is 11.8 Å². The Bertz CT molecular complexity index is 625. The summed E-state index contributed by atoms with van der Waals surface area (Å²) in [6, 6.07) is 5.01. The van der Waals surface area contributed by atoms with Gasteiger partial charge in [0.15, 0.2) is 0 Å². The van der Waals surface area contributed by atoms with Gasteiger partial charge in [0.25, 0.3) is 5.91 Å². The van der Waals surface area contributed by atoms with Gasteiger partial charge in [-0.05, 0) is 31.9 Å². The molecule has 6 heteroatoms. The van der Waals surface area contributed by atoms with Crippen LogP contribution in [0.3, 0.4) is 0 Å². The Labute approximate surface area is 142 Å². The Morgan fingerprint density at radius 2 is 1.92 bits per heavy atom. The van der Waals surface area contributed by atoms with Crippen molar-refractivity contribution in [1.29, 1.82) is 0 Å². The van der Waals surface area contributed by atoms with Crippen LogP contribution in [-0.2, 0) is 9.53 Å². The molecule has 6 nitrogen and oxygen atoms in total. The number of hydrogen-bond acceptors (Lipinski definition) is 4. The summed E-state index contributed by atoms with van der Waals surface area (Å²) in [4.78, 5) is 28.9. The largest absolute Gasteiger partial charge is 0.507 e. The van der Waals surface area contributed by atoms with Crippen LogP contribution in [0.2, 0.25) is 0 Å². The third-order valence-corrected chi connectivity index (χ3v) is 4.76. The Hall–Kier alpha value is -2.08. The van der Waals surface area contributed by atoms with Gasteiger partial charge in [0.05, 0.1) is 24.7 Å². The molecule has 3 rings (SSSR count). The van der Waals surface area contributed by atoms with Gasteiger partial charge < -0.3 is 19.6 Å². The van der Waals surface area contributed by atoms with Crippen LogP contribution in [0.5, 0.6) is 5.75 Å².